The molecule has 0 amide bonds. The van der Waals surface area contributed by atoms with Gasteiger partial charge in [-0.3, -0.25) is 10.1 Å². The van der Waals surface area contributed by atoms with Crippen molar-refractivity contribution in [3.05, 3.63) is 33.9 Å². The van der Waals surface area contributed by atoms with Gasteiger partial charge >= 0.3 is 0 Å². The minimum absolute atomic E-state index is 0.127. The van der Waals surface area contributed by atoms with Crippen LogP contribution in [-0.4, -0.2) is 11.5 Å². The number of benzene rings is 1. The number of hydrogen-bond donors (Lipinski definition) is 1. The molecule has 1 aromatic rings. The second-order valence-electron chi connectivity index (χ2n) is 3.87. The predicted octanol–water partition coefficient (Wildman–Crippen LogP) is 3.12. The van der Waals surface area contributed by atoms with Crippen LogP contribution in [0.5, 0.6) is 0 Å². The molecule has 0 aliphatic carbocycles. The topological polar surface area (TPSA) is 55.2 Å². The fraction of sp³-hybridized carbons (Fsp3) is 0.385. The van der Waals surface area contributed by atoms with E-state index in [1.54, 1.807) is 12.1 Å². The molecule has 4 nitrogen and oxygen atoms in total. The van der Waals surface area contributed by atoms with Gasteiger partial charge in [-0.15, -0.1) is 12.3 Å². The maximum Gasteiger partial charge on any atom is 0.292 e. The SMILES string of the molecule is C#CCCCCNc1ccc(C)cc1[N+](=O)[O-]. The molecular weight excluding hydrogens is 216 g/mol. The summed E-state index contributed by atoms with van der Waals surface area (Å²) in [6.07, 6.45) is 7.74. The number of nitro groups is 1. The number of nitrogens with one attached hydrogen (secondary N) is 1. The summed E-state index contributed by atoms with van der Waals surface area (Å²) in [5, 5.41) is 13.9. The van der Waals surface area contributed by atoms with Crippen LogP contribution in [0.2, 0.25) is 0 Å². The Morgan fingerprint density at radius 1 is 1.47 bits per heavy atom. The molecule has 0 heterocycles. The van der Waals surface area contributed by atoms with E-state index >= 15 is 0 Å². The van der Waals surface area contributed by atoms with Gasteiger partial charge in [0.05, 0.1) is 4.92 Å². The van der Waals surface area contributed by atoms with Gasteiger partial charge in [0.25, 0.3) is 5.69 Å². The lowest BCUT2D eigenvalue weighted by molar-refractivity contribution is -0.384. The van der Waals surface area contributed by atoms with E-state index in [-0.39, 0.29) is 10.6 Å². The maximum atomic E-state index is 10.8. The highest BCUT2D eigenvalue weighted by molar-refractivity contribution is 5.62. The van der Waals surface area contributed by atoms with Crippen LogP contribution in [0.1, 0.15) is 24.8 Å². The third kappa shape index (κ3) is 4.15. The molecule has 90 valence electrons. The Morgan fingerprint density at radius 3 is 2.88 bits per heavy atom. The number of hydrogen-bond acceptors (Lipinski definition) is 3. The molecular formula is C13H16N2O2. The zero-order valence-electron chi connectivity index (χ0n) is 9.90. The summed E-state index contributed by atoms with van der Waals surface area (Å²) in [5.41, 5.74) is 1.58. The van der Waals surface area contributed by atoms with Crippen molar-refractivity contribution in [3.63, 3.8) is 0 Å². The highest BCUT2D eigenvalue weighted by Gasteiger charge is 2.12. The van der Waals surface area contributed by atoms with E-state index in [0.717, 1.165) is 24.8 Å². The number of aryl methyl sites for hydroxylation is 1. The van der Waals surface area contributed by atoms with Crippen molar-refractivity contribution >= 4 is 11.4 Å². The largest absolute Gasteiger partial charge is 0.379 e. The third-order valence-electron chi connectivity index (χ3n) is 2.41. The lowest BCUT2D eigenvalue weighted by Crippen LogP contribution is -2.04. The minimum atomic E-state index is -0.364. The van der Waals surface area contributed by atoms with Gasteiger partial charge in [0.2, 0.25) is 0 Å². The summed E-state index contributed by atoms with van der Waals surface area (Å²) in [7, 11) is 0. The molecule has 0 aromatic heterocycles. The average molecular weight is 232 g/mol. The monoisotopic (exact) mass is 232 g/mol. The second-order valence-corrected chi connectivity index (χ2v) is 3.87. The average Bonchev–Trinajstić information content (AvgIpc) is 2.30. The minimum Gasteiger partial charge on any atom is -0.379 e. The van der Waals surface area contributed by atoms with Crippen molar-refractivity contribution in [2.45, 2.75) is 26.2 Å². The highest BCUT2D eigenvalue weighted by atomic mass is 16.6. The van der Waals surface area contributed by atoms with Gasteiger partial charge in [-0.25, -0.2) is 0 Å². The van der Waals surface area contributed by atoms with Crippen LogP contribution >= 0.6 is 0 Å². The van der Waals surface area contributed by atoms with Crippen LogP contribution in [0.25, 0.3) is 0 Å². The normalized spacial score (nSPS) is 9.65. The Bertz CT molecular complexity index is 436. The zero-order valence-corrected chi connectivity index (χ0v) is 9.90. The van der Waals surface area contributed by atoms with Crippen LogP contribution in [0.4, 0.5) is 11.4 Å². The molecule has 0 aliphatic heterocycles. The smallest absolute Gasteiger partial charge is 0.292 e. The van der Waals surface area contributed by atoms with Gasteiger partial charge < -0.3 is 5.32 Å². The molecule has 1 N–H and O–H groups in total. The van der Waals surface area contributed by atoms with Crippen LogP contribution < -0.4 is 5.32 Å². The van der Waals surface area contributed by atoms with E-state index in [1.165, 1.54) is 0 Å². The third-order valence-corrected chi connectivity index (χ3v) is 2.41. The molecule has 0 spiro atoms. The van der Waals surface area contributed by atoms with Crippen LogP contribution in [0.15, 0.2) is 18.2 Å². The summed E-state index contributed by atoms with van der Waals surface area (Å²) >= 11 is 0. The number of terminal acetylenes is 1. The van der Waals surface area contributed by atoms with Gasteiger partial charge in [-0.05, 0) is 31.4 Å². The van der Waals surface area contributed by atoms with Crippen LogP contribution in [-0.2, 0) is 0 Å². The molecule has 0 fully saturated rings. The van der Waals surface area contributed by atoms with Gasteiger partial charge in [0.1, 0.15) is 5.69 Å². The number of unbranched alkanes of at least 4 members (excludes halogenated alkanes) is 2. The highest BCUT2D eigenvalue weighted by Crippen LogP contribution is 2.25. The quantitative estimate of drug-likeness (QED) is 0.355. The van der Waals surface area contributed by atoms with Crippen molar-refractivity contribution in [2.75, 3.05) is 11.9 Å². The van der Waals surface area contributed by atoms with E-state index in [2.05, 4.69) is 11.2 Å². The first-order valence-corrected chi connectivity index (χ1v) is 5.57. The molecule has 0 aliphatic rings. The molecule has 1 rings (SSSR count). The van der Waals surface area contributed by atoms with E-state index in [0.29, 0.717) is 12.2 Å². The molecule has 0 saturated heterocycles. The van der Waals surface area contributed by atoms with Crippen molar-refractivity contribution in [1.29, 1.82) is 0 Å². The molecule has 17 heavy (non-hydrogen) atoms. The molecule has 0 atom stereocenters. The molecule has 0 radical (unpaired) electrons. The number of nitrogens with zero attached hydrogens (tertiary/aromatic N) is 1. The Balaban J connectivity index is 2.59. The Labute approximate surface area is 101 Å². The molecule has 4 heteroatoms. The van der Waals surface area contributed by atoms with Crippen molar-refractivity contribution in [2.24, 2.45) is 0 Å². The second kappa shape index (κ2) is 6.54. The Morgan fingerprint density at radius 2 is 2.24 bits per heavy atom. The van der Waals surface area contributed by atoms with Crippen molar-refractivity contribution in [3.8, 4) is 12.3 Å². The number of anilines is 1. The van der Waals surface area contributed by atoms with Gasteiger partial charge in [0.15, 0.2) is 0 Å². The first kappa shape index (κ1) is 13.0. The Hall–Kier alpha value is -2.02. The molecule has 1 aromatic carbocycles. The van der Waals surface area contributed by atoms with Gasteiger partial charge in [-0.1, -0.05) is 6.07 Å². The fourth-order valence-electron chi connectivity index (χ4n) is 1.52. The first-order valence-electron chi connectivity index (χ1n) is 5.57. The van der Waals surface area contributed by atoms with Crippen molar-refractivity contribution < 1.29 is 4.92 Å². The fourth-order valence-corrected chi connectivity index (χ4v) is 1.52. The molecule has 0 unspecified atom stereocenters. The summed E-state index contributed by atoms with van der Waals surface area (Å²) in [6, 6.07) is 5.18. The van der Waals surface area contributed by atoms with Crippen LogP contribution in [0.3, 0.4) is 0 Å². The summed E-state index contributed by atoms with van der Waals surface area (Å²) in [6.45, 7) is 2.54. The molecule has 0 saturated carbocycles. The number of rotatable bonds is 6. The summed E-state index contributed by atoms with van der Waals surface area (Å²) in [5.74, 6) is 2.57. The first-order chi connectivity index (χ1) is 8.15. The standard InChI is InChI=1S/C13H16N2O2/c1-3-4-5-6-9-14-12-8-7-11(2)10-13(12)15(16)17/h1,7-8,10,14H,4-6,9H2,2H3. The van der Waals surface area contributed by atoms with E-state index < -0.39 is 0 Å². The lowest BCUT2D eigenvalue weighted by Gasteiger charge is -2.07. The Kier molecular flexibility index (Phi) is 5.02. The number of nitro benzene ring substituents is 1. The lowest BCUT2D eigenvalue weighted by atomic mass is 10.2. The molecule has 0 bridgehead atoms. The van der Waals surface area contributed by atoms with Crippen molar-refractivity contribution in [1.82, 2.24) is 0 Å². The zero-order chi connectivity index (χ0) is 12.7. The predicted molar refractivity (Wildman–Crippen MR) is 69.0 cm³/mol. The van der Waals surface area contributed by atoms with E-state index in [4.69, 9.17) is 6.42 Å². The summed E-state index contributed by atoms with van der Waals surface area (Å²) < 4.78 is 0. The van der Waals surface area contributed by atoms with Gasteiger partial charge in [-0.2, -0.15) is 0 Å². The summed E-state index contributed by atoms with van der Waals surface area (Å²) in [4.78, 5) is 10.5. The van der Waals surface area contributed by atoms with Gasteiger partial charge in [0, 0.05) is 19.0 Å². The van der Waals surface area contributed by atoms with E-state index in [9.17, 15) is 10.1 Å². The van der Waals surface area contributed by atoms with Crippen LogP contribution in [0, 0.1) is 29.4 Å². The van der Waals surface area contributed by atoms with E-state index in [1.807, 2.05) is 13.0 Å². The maximum absolute atomic E-state index is 10.8.